The largest absolute Gasteiger partial charge is 0.387 e. The zero-order valence-electron chi connectivity index (χ0n) is 13.7. The first kappa shape index (κ1) is 18.0. The van der Waals surface area contributed by atoms with E-state index in [4.69, 9.17) is 11.6 Å². The Kier molecular flexibility index (Phi) is 5.60. The van der Waals surface area contributed by atoms with Crippen molar-refractivity contribution in [3.8, 4) is 0 Å². The van der Waals surface area contributed by atoms with Crippen LogP contribution in [0.4, 0.5) is 10.1 Å². The lowest BCUT2D eigenvalue weighted by Crippen LogP contribution is -2.37. The molecule has 0 radical (unpaired) electrons. The van der Waals surface area contributed by atoms with Crippen molar-refractivity contribution in [2.75, 3.05) is 11.4 Å². The third-order valence-corrected chi connectivity index (χ3v) is 4.07. The third kappa shape index (κ3) is 4.44. The van der Waals surface area contributed by atoms with E-state index in [0.717, 1.165) is 0 Å². The fourth-order valence-corrected chi connectivity index (χ4v) is 2.60. The number of halogens is 2. The van der Waals surface area contributed by atoms with Gasteiger partial charge in [-0.25, -0.2) is 14.1 Å². The Balaban J connectivity index is 1.83. The molecule has 3 rings (SSSR count). The number of aliphatic hydroxyl groups excluding tert-OH is 1. The normalized spacial score (nSPS) is 12.0. The van der Waals surface area contributed by atoms with Crippen molar-refractivity contribution in [2.45, 2.75) is 12.6 Å². The molecule has 26 heavy (non-hydrogen) atoms. The van der Waals surface area contributed by atoms with E-state index in [1.54, 1.807) is 24.3 Å². The minimum absolute atomic E-state index is 0.000789. The first-order valence-corrected chi connectivity index (χ1v) is 8.22. The first-order valence-electron chi connectivity index (χ1n) is 7.85. The van der Waals surface area contributed by atoms with Crippen molar-refractivity contribution in [3.05, 3.63) is 77.6 Å². The Morgan fingerprint density at radius 2 is 1.88 bits per heavy atom. The minimum atomic E-state index is -0.933. The van der Waals surface area contributed by atoms with Crippen LogP contribution in [0, 0.1) is 5.82 Å². The number of aromatic nitrogens is 3. The summed E-state index contributed by atoms with van der Waals surface area (Å²) < 4.78 is 14.6. The number of aliphatic hydroxyl groups is 1. The zero-order valence-corrected chi connectivity index (χ0v) is 14.4. The van der Waals surface area contributed by atoms with Crippen molar-refractivity contribution in [3.63, 3.8) is 0 Å². The van der Waals surface area contributed by atoms with Gasteiger partial charge in [0.15, 0.2) is 0 Å². The SMILES string of the molecule is O=C(Cn1cncn1)N(CC(O)c1ccc(Cl)cc1)c1ccc(F)cc1. The Hall–Kier alpha value is -2.77. The minimum Gasteiger partial charge on any atom is -0.387 e. The highest BCUT2D eigenvalue weighted by atomic mass is 35.5. The van der Waals surface area contributed by atoms with Crippen LogP contribution in [0.15, 0.2) is 61.2 Å². The smallest absolute Gasteiger partial charge is 0.248 e. The monoisotopic (exact) mass is 374 g/mol. The molecule has 134 valence electrons. The second-order valence-corrected chi connectivity index (χ2v) is 6.08. The molecule has 1 heterocycles. The van der Waals surface area contributed by atoms with Crippen LogP contribution in [0.1, 0.15) is 11.7 Å². The maximum Gasteiger partial charge on any atom is 0.248 e. The van der Waals surface area contributed by atoms with Crippen LogP contribution in [0.3, 0.4) is 0 Å². The third-order valence-electron chi connectivity index (χ3n) is 3.81. The van der Waals surface area contributed by atoms with Crippen molar-refractivity contribution in [1.29, 1.82) is 0 Å². The molecule has 8 heteroatoms. The average Bonchev–Trinajstić information content (AvgIpc) is 3.14. The van der Waals surface area contributed by atoms with Crippen molar-refractivity contribution >= 4 is 23.2 Å². The summed E-state index contributed by atoms with van der Waals surface area (Å²) in [6.07, 6.45) is 1.83. The van der Waals surface area contributed by atoms with E-state index >= 15 is 0 Å². The Labute approximate surface area is 154 Å². The van der Waals surface area contributed by atoms with Gasteiger partial charge in [0, 0.05) is 10.7 Å². The number of benzene rings is 2. The lowest BCUT2D eigenvalue weighted by Gasteiger charge is -2.26. The average molecular weight is 375 g/mol. The number of carbonyl (C=O) groups is 1. The topological polar surface area (TPSA) is 71.2 Å². The van der Waals surface area contributed by atoms with Gasteiger partial charge in [-0.05, 0) is 42.0 Å². The van der Waals surface area contributed by atoms with Crippen LogP contribution < -0.4 is 4.90 Å². The van der Waals surface area contributed by atoms with Gasteiger partial charge in [0.05, 0.1) is 12.6 Å². The van der Waals surface area contributed by atoms with Crippen LogP contribution >= 0.6 is 11.6 Å². The molecule has 1 unspecified atom stereocenters. The van der Waals surface area contributed by atoms with Crippen molar-refractivity contribution in [1.82, 2.24) is 14.8 Å². The molecule has 0 bridgehead atoms. The van der Waals surface area contributed by atoms with Gasteiger partial charge in [-0.1, -0.05) is 23.7 Å². The lowest BCUT2D eigenvalue weighted by atomic mass is 10.1. The molecule has 1 N–H and O–H groups in total. The van der Waals surface area contributed by atoms with Crippen LogP contribution in [0.25, 0.3) is 0 Å². The van der Waals surface area contributed by atoms with E-state index in [0.29, 0.717) is 16.3 Å². The molecular formula is C18H16ClFN4O2. The van der Waals surface area contributed by atoms with Gasteiger partial charge in [0.25, 0.3) is 0 Å². The summed E-state index contributed by atoms with van der Waals surface area (Å²) in [6.45, 7) is -0.0501. The highest BCUT2D eigenvalue weighted by Crippen LogP contribution is 2.22. The quantitative estimate of drug-likeness (QED) is 0.720. The molecule has 1 amide bonds. The predicted octanol–water partition coefficient (Wildman–Crippen LogP) is 2.84. The lowest BCUT2D eigenvalue weighted by molar-refractivity contribution is -0.119. The Morgan fingerprint density at radius 3 is 2.50 bits per heavy atom. The summed E-state index contributed by atoms with van der Waals surface area (Å²) in [4.78, 5) is 17.9. The molecule has 0 saturated carbocycles. The van der Waals surface area contributed by atoms with E-state index in [9.17, 15) is 14.3 Å². The maximum atomic E-state index is 13.2. The molecule has 0 spiro atoms. The highest BCUT2D eigenvalue weighted by Gasteiger charge is 2.21. The number of hydrogen-bond acceptors (Lipinski definition) is 4. The summed E-state index contributed by atoms with van der Waals surface area (Å²) in [6, 6.07) is 12.2. The molecule has 1 aromatic heterocycles. The standard InChI is InChI=1S/C18H16ClFN4O2/c19-14-3-1-13(2-4-14)17(25)9-24(16-7-5-15(20)6-8-16)18(26)10-23-12-21-11-22-23/h1-8,11-12,17,25H,9-10H2. The number of rotatable bonds is 6. The van der Waals surface area contributed by atoms with Gasteiger partial charge in [-0.3, -0.25) is 4.79 Å². The summed E-state index contributed by atoms with van der Waals surface area (Å²) in [5.74, 6) is -0.717. The van der Waals surface area contributed by atoms with Gasteiger partial charge in [-0.15, -0.1) is 0 Å². The van der Waals surface area contributed by atoms with E-state index in [1.165, 1.54) is 46.5 Å². The molecule has 0 fully saturated rings. The molecule has 0 saturated heterocycles. The molecule has 2 aromatic carbocycles. The molecule has 1 atom stereocenters. The molecule has 3 aromatic rings. The van der Waals surface area contributed by atoms with Gasteiger partial charge in [-0.2, -0.15) is 5.10 Å². The predicted molar refractivity (Wildman–Crippen MR) is 95.2 cm³/mol. The molecular weight excluding hydrogens is 359 g/mol. The molecule has 6 nitrogen and oxygen atoms in total. The van der Waals surface area contributed by atoms with E-state index < -0.39 is 11.9 Å². The fraction of sp³-hybridized carbons (Fsp3) is 0.167. The van der Waals surface area contributed by atoms with Gasteiger partial charge < -0.3 is 10.0 Å². The second-order valence-electron chi connectivity index (χ2n) is 5.64. The van der Waals surface area contributed by atoms with Crippen LogP contribution in [0.2, 0.25) is 5.02 Å². The second kappa shape index (κ2) is 8.07. The van der Waals surface area contributed by atoms with Crippen molar-refractivity contribution in [2.24, 2.45) is 0 Å². The van der Waals surface area contributed by atoms with Gasteiger partial charge in [0.1, 0.15) is 25.0 Å². The van der Waals surface area contributed by atoms with E-state index in [2.05, 4.69) is 10.1 Å². The number of anilines is 1. The Bertz CT molecular complexity index is 854. The van der Waals surface area contributed by atoms with E-state index in [1.807, 2.05) is 0 Å². The number of hydrogen-bond donors (Lipinski definition) is 1. The summed E-state index contributed by atoms with van der Waals surface area (Å²) in [7, 11) is 0. The van der Waals surface area contributed by atoms with E-state index in [-0.39, 0.29) is 19.0 Å². The fourth-order valence-electron chi connectivity index (χ4n) is 2.47. The van der Waals surface area contributed by atoms with Gasteiger partial charge in [0.2, 0.25) is 5.91 Å². The highest BCUT2D eigenvalue weighted by molar-refractivity contribution is 6.30. The molecule has 0 aliphatic heterocycles. The van der Waals surface area contributed by atoms with Crippen LogP contribution in [-0.4, -0.2) is 32.3 Å². The van der Waals surface area contributed by atoms with Crippen LogP contribution in [0.5, 0.6) is 0 Å². The number of carbonyl (C=O) groups excluding carboxylic acids is 1. The summed E-state index contributed by atoms with van der Waals surface area (Å²) in [5.41, 5.74) is 1.10. The first-order chi connectivity index (χ1) is 12.5. The van der Waals surface area contributed by atoms with Crippen molar-refractivity contribution < 1.29 is 14.3 Å². The number of nitrogens with zero attached hydrogens (tertiary/aromatic N) is 4. The van der Waals surface area contributed by atoms with Crippen LogP contribution in [-0.2, 0) is 11.3 Å². The summed E-state index contributed by atoms with van der Waals surface area (Å²) >= 11 is 5.87. The molecule has 0 aliphatic rings. The van der Waals surface area contributed by atoms with Gasteiger partial charge >= 0.3 is 0 Å². The maximum absolute atomic E-state index is 13.2. The number of amides is 1. The summed E-state index contributed by atoms with van der Waals surface area (Å²) in [5, 5.41) is 15.0. The zero-order chi connectivity index (χ0) is 18.5. The molecule has 0 aliphatic carbocycles. The Morgan fingerprint density at radius 1 is 1.19 bits per heavy atom.